The Morgan fingerprint density at radius 2 is 1.63 bits per heavy atom. The van der Waals surface area contributed by atoms with Crippen LogP contribution in [0.2, 0.25) is 10.0 Å². The third kappa shape index (κ3) is 8.86. The maximum Gasteiger partial charge on any atom is 0.244 e. The first-order chi connectivity index (χ1) is 19.4. The lowest BCUT2D eigenvalue weighted by atomic mass is 10.0. The predicted octanol–water partition coefficient (Wildman–Crippen LogP) is 5.32. The Bertz CT molecular complexity index is 1450. The Balaban J connectivity index is 2.10. The number of carbonyl (C=O) groups is 2. The van der Waals surface area contributed by atoms with Crippen molar-refractivity contribution >= 4 is 50.7 Å². The molecule has 0 fully saturated rings. The van der Waals surface area contributed by atoms with E-state index in [9.17, 15) is 18.0 Å². The smallest absolute Gasteiger partial charge is 0.244 e. The molecule has 0 heterocycles. The topological polar surface area (TPSA) is 96.0 Å². The molecule has 0 aliphatic carbocycles. The molecule has 0 aromatic heterocycles. The molecule has 11 heteroatoms. The molecule has 0 aliphatic rings. The number of halogens is 2. The molecule has 220 valence electrons. The molecule has 0 unspecified atom stereocenters. The number of sulfonamides is 1. The van der Waals surface area contributed by atoms with Crippen molar-refractivity contribution in [2.24, 2.45) is 0 Å². The summed E-state index contributed by atoms with van der Waals surface area (Å²) >= 11 is 12.5. The lowest BCUT2D eigenvalue weighted by Crippen LogP contribution is -2.54. The Morgan fingerprint density at radius 3 is 2.27 bits per heavy atom. The van der Waals surface area contributed by atoms with Crippen molar-refractivity contribution in [2.75, 3.05) is 24.2 Å². The molecule has 0 saturated heterocycles. The maximum absolute atomic E-state index is 14.2. The summed E-state index contributed by atoms with van der Waals surface area (Å²) in [7, 11) is -2.43. The number of ether oxygens (including phenoxy) is 1. The van der Waals surface area contributed by atoms with Gasteiger partial charge in [0.25, 0.3) is 0 Å². The third-order valence-electron chi connectivity index (χ3n) is 6.64. The highest BCUT2D eigenvalue weighted by molar-refractivity contribution is 7.92. The number of hydrogen-bond acceptors (Lipinski definition) is 5. The summed E-state index contributed by atoms with van der Waals surface area (Å²) in [6.45, 7) is 3.28. The van der Waals surface area contributed by atoms with Gasteiger partial charge in [-0.25, -0.2) is 8.42 Å². The van der Waals surface area contributed by atoms with Crippen LogP contribution in [0.3, 0.4) is 0 Å². The second kappa shape index (κ2) is 14.6. The van der Waals surface area contributed by atoms with Gasteiger partial charge in [0.05, 0.1) is 29.1 Å². The molecule has 2 atom stereocenters. The number of benzene rings is 3. The first-order valence-corrected chi connectivity index (χ1v) is 15.7. The van der Waals surface area contributed by atoms with Gasteiger partial charge in [0.2, 0.25) is 21.8 Å². The standard InChI is InChI=1S/C30H35Cl2N3O5S/c1-5-21(2)33-30(37)27(18-22-11-7-6-8-12-22)34(19-23-13-9-14-24(17-23)40-3)28(36)20-35(41(4,38)39)26-16-10-15-25(31)29(26)32/h6-17,21,27H,5,18-20H2,1-4H3,(H,33,37)/t21-,27+/m0/s1. The maximum atomic E-state index is 14.2. The lowest BCUT2D eigenvalue weighted by Gasteiger charge is -2.34. The van der Waals surface area contributed by atoms with E-state index in [1.54, 1.807) is 31.4 Å². The molecule has 0 saturated carbocycles. The highest BCUT2D eigenvalue weighted by Crippen LogP contribution is 2.34. The van der Waals surface area contributed by atoms with Crippen molar-refractivity contribution in [3.8, 4) is 5.75 Å². The second-order valence-electron chi connectivity index (χ2n) is 9.74. The number of anilines is 1. The van der Waals surface area contributed by atoms with E-state index in [2.05, 4.69) is 5.32 Å². The number of amides is 2. The molecule has 0 radical (unpaired) electrons. The van der Waals surface area contributed by atoms with E-state index >= 15 is 0 Å². The van der Waals surface area contributed by atoms with Crippen LogP contribution in [-0.4, -0.2) is 57.1 Å². The first-order valence-electron chi connectivity index (χ1n) is 13.1. The average molecular weight is 621 g/mol. The molecule has 3 aromatic rings. The summed E-state index contributed by atoms with van der Waals surface area (Å²) in [5, 5.41) is 3.15. The third-order valence-corrected chi connectivity index (χ3v) is 8.57. The SMILES string of the molecule is CC[C@H](C)NC(=O)[C@@H](Cc1ccccc1)N(Cc1cccc(OC)c1)C(=O)CN(c1cccc(Cl)c1Cl)S(C)(=O)=O. The van der Waals surface area contributed by atoms with Crippen LogP contribution in [0.4, 0.5) is 5.69 Å². The van der Waals surface area contributed by atoms with Crippen LogP contribution < -0.4 is 14.4 Å². The molecule has 3 aromatic carbocycles. The Morgan fingerprint density at radius 1 is 0.976 bits per heavy atom. The van der Waals surface area contributed by atoms with Gasteiger partial charge in [-0.3, -0.25) is 13.9 Å². The van der Waals surface area contributed by atoms with Crippen LogP contribution in [0.5, 0.6) is 5.75 Å². The van der Waals surface area contributed by atoms with Crippen LogP contribution in [0, 0.1) is 0 Å². The molecule has 41 heavy (non-hydrogen) atoms. The largest absolute Gasteiger partial charge is 0.497 e. The van der Waals surface area contributed by atoms with Gasteiger partial charge >= 0.3 is 0 Å². The van der Waals surface area contributed by atoms with Crippen molar-refractivity contribution in [3.63, 3.8) is 0 Å². The van der Waals surface area contributed by atoms with Gasteiger partial charge in [0.15, 0.2) is 0 Å². The zero-order chi connectivity index (χ0) is 30.2. The Hall–Kier alpha value is -3.27. The fourth-order valence-corrected chi connectivity index (χ4v) is 5.54. The summed E-state index contributed by atoms with van der Waals surface area (Å²) in [6.07, 6.45) is 1.90. The number of methoxy groups -OCH3 is 1. The van der Waals surface area contributed by atoms with Crippen LogP contribution in [0.15, 0.2) is 72.8 Å². The fraction of sp³-hybridized carbons (Fsp3) is 0.333. The molecule has 8 nitrogen and oxygen atoms in total. The fourth-order valence-electron chi connectivity index (χ4n) is 4.24. The molecule has 1 N–H and O–H groups in total. The van der Waals surface area contributed by atoms with Crippen molar-refractivity contribution in [2.45, 2.75) is 45.3 Å². The van der Waals surface area contributed by atoms with Gasteiger partial charge in [-0.2, -0.15) is 0 Å². The first kappa shape index (κ1) is 32.2. The highest BCUT2D eigenvalue weighted by atomic mass is 35.5. The summed E-state index contributed by atoms with van der Waals surface area (Å²) in [4.78, 5) is 29.3. The second-order valence-corrected chi connectivity index (χ2v) is 12.4. The highest BCUT2D eigenvalue weighted by Gasteiger charge is 2.34. The van der Waals surface area contributed by atoms with E-state index < -0.39 is 28.5 Å². The molecule has 0 spiro atoms. The van der Waals surface area contributed by atoms with Gasteiger partial charge in [0.1, 0.15) is 18.3 Å². The van der Waals surface area contributed by atoms with Crippen LogP contribution in [-0.2, 0) is 32.6 Å². The van der Waals surface area contributed by atoms with E-state index in [1.807, 2.05) is 50.2 Å². The Kier molecular flexibility index (Phi) is 11.5. The molecular weight excluding hydrogens is 585 g/mol. The molecule has 0 bridgehead atoms. The van der Waals surface area contributed by atoms with Gasteiger partial charge < -0.3 is 15.0 Å². The van der Waals surface area contributed by atoms with E-state index in [0.29, 0.717) is 17.7 Å². The summed E-state index contributed by atoms with van der Waals surface area (Å²) in [5.74, 6) is -0.345. The molecule has 2 amide bonds. The van der Waals surface area contributed by atoms with Gasteiger partial charge in [-0.15, -0.1) is 0 Å². The summed E-state index contributed by atoms with van der Waals surface area (Å²) in [5.41, 5.74) is 1.62. The molecule has 0 aliphatic heterocycles. The lowest BCUT2D eigenvalue weighted by molar-refractivity contribution is -0.140. The van der Waals surface area contributed by atoms with Crippen molar-refractivity contribution in [1.82, 2.24) is 10.2 Å². The number of rotatable bonds is 13. The van der Waals surface area contributed by atoms with Gasteiger partial charge in [-0.05, 0) is 48.7 Å². The molecular formula is C30H35Cl2N3O5S. The quantitative estimate of drug-likeness (QED) is 0.279. The minimum Gasteiger partial charge on any atom is -0.497 e. The minimum atomic E-state index is -3.97. The predicted molar refractivity (Wildman–Crippen MR) is 164 cm³/mol. The monoisotopic (exact) mass is 619 g/mol. The Labute approximate surface area is 252 Å². The summed E-state index contributed by atoms with van der Waals surface area (Å²) < 4.78 is 32.1. The van der Waals surface area contributed by atoms with Crippen molar-refractivity contribution < 1.29 is 22.7 Å². The van der Waals surface area contributed by atoms with Gasteiger partial charge in [-0.1, -0.05) is 78.7 Å². The number of nitrogens with one attached hydrogen (secondary N) is 1. The van der Waals surface area contributed by atoms with E-state index in [1.165, 1.54) is 17.0 Å². The van der Waals surface area contributed by atoms with E-state index in [4.69, 9.17) is 27.9 Å². The minimum absolute atomic E-state index is 0.00193. The van der Waals surface area contributed by atoms with Crippen LogP contribution >= 0.6 is 23.2 Å². The number of nitrogens with zero attached hydrogens (tertiary/aromatic N) is 2. The zero-order valence-corrected chi connectivity index (χ0v) is 25.8. The molecule has 3 rings (SSSR count). The van der Waals surface area contributed by atoms with Crippen LogP contribution in [0.25, 0.3) is 0 Å². The zero-order valence-electron chi connectivity index (χ0n) is 23.5. The van der Waals surface area contributed by atoms with E-state index in [0.717, 1.165) is 16.1 Å². The summed E-state index contributed by atoms with van der Waals surface area (Å²) in [6, 6.07) is 20.0. The van der Waals surface area contributed by atoms with Crippen LogP contribution in [0.1, 0.15) is 31.4 Å². The van der Waals surface area contributed by atoms with Crippen molar-refractivity contribution in [3.05, 3.63) is 94.0 Å². The normalized spacial score (nSPS) is 12.7. The van der Waals surface area contributed by atoms with E-state index in [-0.39, 0.29) is 40.6 Å². The average Bonchev–Trinajstić information content (AvgIpc) is 2.95. The van der Waals surface area contributed by atoms with Gasteiger partial charge in [0, 0.05) is 19.0 Å². The van der Waals surface area contributed by atoms with Crippen molar-refractivity contribution in [1.29, 1.82) is 0 Å². The number of hydrogen-bond donors (Lipinski definition) is 1. The number of carbonyl (C=O) groups excluding carboxylic acids is 2.